The van der Waals surface area contributed by atoms with Gasteiger partial charge in [-0.2, -0.15) is 0 Å². The molecule has 0 atom stereocenters. The highest BCUT2D eigenvalue weighted by Gasteiger charge is 2.16. The van der Waals surface area contributed by atoms with E-state index in [-0.39, 0.29) is 0 Å². The summed E-state index contributed by atoms with van der Waals surface area (Å²) in [6.45, 7) is 10.6. The van der Waals surface area contributed by atoms with Gasteiger partial charge in [-0.25, -0.2) is 0 Å². The number of furan rings is 3. The molecular weight excluding hydrogens is 1250 g/mol. The molecule has 0 amide bonds. The van der Waals surface area contributed by atoms with Crippen LogP contribution in [-0.4, -0.2) is 0 Å². The molecule has 5 aromatic heterocycles. The Morgan fingerprint density at radius 3 is 1.01 bits per heavy atom. The third kappa shape index (κ3) is 12.7. The van der Waals surface area contributed by atoms with Crippen molar-refractivity contribution in [2.24, 2.45) is 0 Å². The molecule has 0 fully saturated rings. The highest BCUT2D eigenvalue weighted by molar-refractivity contribution is 7.26. The number of hydrogen-bond acceptors (Lipinski definition) is 5. The predicted octanol–water partition coefficient (Wildman–Crippen LogP) is 28.7. The second kappa shape index (κ2) is 27.6. The van der Waals surface area contributed by atoms with Gasteiger partial charge >= 0.3 is 0 Å². The Morgan fingerprint density at radius 2 is 0.520 bits per heavy atom. The van der Waals surface area contributed by atoms with Gasteiger partial charge in [-0.15, -0.1) is 22.7 Å². The number of benzene rings is 15. The van der Waals surface area contributed by atoms with Crippen LogP contribution in [0.5, 0.6) is 0 Å². The van der Waals surface area contributed by atoms with E-state index in [9.17, 15) is 0 Å². The molecule has 15 aromatic carbocycles. The monoisotopic (exact) mass is 1320 g/mol. The van der Waals surface area contributed by atoms with Crippen LogP contribution in [0.25, 0.3) is 162 Å². The molecule has 480 valence electrons. The number of rotatable bonds is 5. The van der Waals surface area contributed by atoms with E-state index in [1.807, 2.05) is 59.1 Å². The van der Waals surface area contributed by atoms with Crippen LogP contribution in [0.3, 0.4) is 0 Å². The minimum Gasteiger partial charge on any atom is -0.455 e. The maximum absolute atomic E-state index is 6.09. The van der Waals surface area contributed by atoms with Crippen molar-refractivity contribution < 1.29 is 13.3 Å². The summed E-state index contributed by atoms with van der Waals surface area (Å²) in [5.41, 5.74) is 24.4. The fraction of sp³-hybridized carbons (Fsp3) is 0.0526. The van der Waals surface area contributed by atoms with Crippen LogP contribution >= 0.6 is 22.7 Å². The van der Waals surface area contributed by atoms with E-state index < -0.39 is 0 Å². The van der Waals surface area contributed by atoms with Gasteiger partial charge in [-0.1, -0.05) is 301 Å². The number of aryl methyl sites for hydroxylation is 5. The molecular formula is C95H70O3S2. The summed E-state index contributed by atoms with van der Waals surface area (Å²) in [5.74, 6) is 0. The van der Waals surface area contributed by atoms with Crippen LogP contribution in [0.1, 0.15) is 27.8 Å². The van der Waals surface area contributed by atoms with Crippen LogP contribution in [0.4, 0.5) is 0 Å². The first-order chi connectivity index (χ1) is 49.1. The lowest BCUT2D eigenvalue weighted by molar-refractivity contribution is 0.669. The van der Waals surface area contributed by atoms with Gasteiger partial charge in [-0.05, 0) is 134 Å². The van der Waals surface area contributed by atoms with Crippen molar-refractivity contribution in [1.29, 1.82) is 0 Å². The average molecular weight is 1320 g/mol. The molecule has 0 bridgehead atoms. The summed E-state index contributed by atoms with van der Waals surface area (Å²) in [6, 6.07) is 117. The van der Waals surface area contributed by atoms with E-state index in [0.29, 0.717) is 0 Å². The van der Waals surface area contributed by atoms with Crippen molar-refractivity contribution in [3.63, 3.8) is 0 Å². The molecule has 5 heteroatoms. The second-order valence-corrected chi connectivity index (χ2v) is 27.9. The predicted molar refractivity (Wildman–Crippen MR) is 431 cm³/mol. The van der Waals surface area contributed by atoms with Gasteiger partial charge in [0.1, 0.15) is 33.5 Å². The molecule has 0 radical (unpaired) electrons. The van der Waals surface area contributed by atoms with Gasteiger partial charge in [0.05, 0.1) is 0 Å². The summed E-state index contributed by atoms with van der Waals surface area (Å²) >= 11 is 3.74. The highest BCUT2D eigenvalue weighted by Crippen LogP contribution is 2.42. The lowest BCUT2D eigenvalue weighted by Gasteiger charge is -2.06. The third-order valence-electron chi connectivity index (χ3n) is 18.8. The van der Waals surface area contributed by atoms with Gasteiger partial charge < -0.3 is 13.3 Å². The molecule has 20 aromatic rings. The van der Waals surface area contributed by atoms with Crippen molar-refractivity contribution in [2.75, 3.05) is 0 Å². The first kappa shape index (κ1) is 62.9. The van der Waals surface area contributed by atoms with Crippen LogP contribution in [0, 0.1) is 34.6 Å². The fourth-order valence-electron chi connectivity index (χ4n) is 13.7. The van der Waals surface area contributed by atoms with Gasteiger partial charge in [-0.3, -0.25) is 0 Å². The lowest BCUT2D eigenvalue weighted by Crippen LogP contribution is -1.82. The quantitative estimate of drug-likeness (QED) is 0.172. The van der Waals surface area contributed by atoms with Crippen molar-refractivity contribution in [3.05, 3.63) is 361 Å². The van der Waals surface area contributed by atoms with Crippen molar-refractivity contribution in [1.82, 2.24) is 0 Å². The number of fused-ring (bicyclic) bond motifs is 15. The Hall–Kier alpha value is -11.9. The summed E-state index contributed by atoms with van der Waals surface area (Å²) in [5, 5.41) is 12.5. The average Bonchev–Trinajstić information content (AvgIpc) is 1.64. The van der Waals surface area contributed by atoms with Crippen molar-refractivity contribution in [2.45, 2.75) is 34.6 Å². The summed E-state index contributed by atoms with van der Waals surface area (Å²) in [7, 11) is 0. The molecule has 0 aliphatic carbocycles. The zero-order valence-electron chi connectivity index (χ0n) is 56.3. The standard InChI is InChI=1S/3C19H14O.2C19H14S/c1-13-6-4-7-14(12-13)15-9-5-10-17-16-8-2-3-11-18(16)20-19(15)17;1-13-7-2-3-8-14(13)16-10-6-11-17-15-9-4-5-12-18(15)20-19(16)17;1-13-9-11-14(12-10-13)15-6-4-7-17-16-5-2-3-8-18(16)20-19(15)17;1-13-5-4-6-14(11-13)15-9-10-19-17(12-15)16-7-2-3-8-18(16)20-19;1-13-6-8-14(9-7-13)15-10-11-19-17(12-15)16-4-2-3-5-18(16)20-19/h5*2-12H,1H3. The molecule has 5 heterocycles. The van der Waals surface area contributed by atoms with Gasteiger partial charge in [0, 0.05) is 89.4 Å². The summed E-state index contributed by atoms with van der Waals surface area (Å²) in [4.78, 5) is 0. The minimum absolute atomic E-state index is 0.946. The largest absolute Gasteiger partial charge is 0.455 e. The Balaban J connectivity index is 0.0000000972. The van der Waals surface area contributed by atoms with Gasteiger partial charge in [0.15, 0.2) is 0 Å². The number of hydrogen-bond donors (Lipinski definition) is 0. The zero-order chi connectivity index (χ0) is 67.6. The van der Waals surface area contributed by atoms with E-state index >= 15 is 0 Å². The van der Waals surface area contributed by atoms with Gasteiger partial charge in [0.25, 0.3) is 0 Å². The SMILES string of the molecule is Cc1ccc(-c2ccc3sc4ccccc4c3c2)cc1.Cc1ccc(-c2cccc3c2oc2ccccc23)cc1.Cc1cccc(-c2ccc3sc4ccccc4c3c2)c1.Cc1cccc(-c2cccc3c2oc2ccccc23)c1.Cc1ccccc1-c1cccc2c1oc1ccccc12. The summed E-state index contributed by atoms with van der Waals surface area (Å²) in [6.07, 6.45) is 0. The smallest absolute Gasteiger partial charge is 0.143 e. The molecule has 0 unspecified atom stereocenters. The van der Waals surface area contributed by atoms with Crippen LogP contribution in [0.15, 0.2) is 347 Å². The molecule has 0 N–H and O–H groups in total. The maximum Gasteiger partial charge on any atom is 0.143 e. The molecule has 0 saturated heterocycles. The Bertz CT molecular complexity index is 6330. The molecule has 0 saturated carbocycles. The fourth-order valence-corrected chi connectivity index (χ4v) is 15.9. The first-order valence-corrected chi connectivity index (χ1v) is 35.6. The molecule has 20 rings (SSSR count). The zero-order valence-corrected chi connectivity index (χ0v) is 57.9. The normalized spacial score (nSPS) is 11.2. The lowest BCUT2D eigenvalue weighted by atomic mass is 9.98. The van der Waals surface area contributed by atoms with E-state index in [1.165, 1.54) is 139 Å². The van der Waals surface area contributed by atoms with E-state index in [0.717, 1.165) is 50.2 Å². The topological polar surface area (TPSA) is 39.4 Å². The maximum atomic E-state index is 6.09. The van der Waals surface area contributed by atoms with E-state index in [2.05, 4.69) is 332 Å². The van der Waals surface area contributed by atoms with Crippen molar-refractivity contribution >= 4 is 129 Å². The second-order valence-electron chi connectivity index (χ2n) is 25.7. The Labute approximate surface area is 589 Å². The van der Waals surface area contributed by atoms with Crippen LogP contribution in [0.2, 0.25) is 0 Å². The first-order valence-electron chi connectivity index (χ1n) is 34.0. The third-order valence-corrected chi connectivity index (χ3v) is 21.1. The molecule has 100 heavy (non-hydrogen) atoms. The van der Waals surface area contributed by atoms with Gasteiger partial charge in [0.2, 0.25) is 0 Å². The highest BCUT2D eigenvalue weighted by atomic mass is 32.1. The van der Waals surface area contributed by atoms with Crippen LogP contribution < -0.4 is 0 Å². The minimum atomic E-state index is 0.946. The Kier molecular flexibility index (Phi) is 17.3. The molecule has 0 aliphatic rings. The number of para-hydroxylation sites is 6. The molecule has 3 nitrogen and oxygen atoms in total. The van der Waals surface area contributed by atoms with Crippen LogP contribution in [-0.2, 0) is 0 Å². The number of thiophene rings is 2. The summed E-state index contributed by atoms with van der Waals surface area (Å²) < 4.78 is 23.7. The van der Waals surface area contributed by atoms with E-state index in [1.54, 1.807) is 0 Å². The molecule has 0 spiro atoms. The molecule has 0 aliphatic heterocycles. The van der Waals surface area contributed by atoms with Crippen molar-refractivity contribution in [3.8, 4) is 55.6 Å². The van der Waals surface area contributed by atoms with E-state index in [4.69, 9.17) is 13.3 Å². The Morgan fingerprint density at radius 1 is 0.190 bits per heavy atom.